The minimum atomic E-state index is -0.206. The fraction of sp³-hybridized carbons (Fsp3) is 0.250. The molecular formula is C12H15BrN2O. The van der Waals surface area contributed by atoms with Gasteiger partial charge in [0.15, 0.2) is 0 Å². The van der Waals surface area contributed by atoms with Crippen LogP contribution in [0, 0.1) is 0 Å². The van der Waals surface area contributed by atoms with Crippen molar-refractivity contribution >= 4 is 22.0 Å². The van der Waals surface area contributed by atoms with Crippen LogP contribution >= 0.6 is 15.9 Å². The van der Waals surface area contributed by atoms with E-state index in [1.54, 1.807) is 6.92 Å². The van der Waals surface area contributed by atoms with Crippen LogP contribution in [0.5, 0.6) is 0 Å². The van der Waals surface area contributed by atoms with Gasteiger partial charge in [-0.25, -0.2) is 4.79 Å². The quantitative estimate of drug-likeness (QED) is 0.876. The third-order valence-electron chi connectivity index (χ3n) is 1.92. The second-order valence-electron chi connectivity index (χ2n) is 3.54. The lowest BCUT2D eigenvalue weighted by molar-refractivity contribution is 0.243. The highest BCUT2D eigenvalue weighted by molar-refractivity contribution is 9.10. The molecule has 0 radical (unpaired) electrons. The van der Waals surface area contributed by atoms with Gasteiger partial charge in [-0.1, -0.05) is 34.6 Å². The Balaban J connectivity index is 2.30. The second-order valence-corrected chi connectivity index (χ2v) is 4.46. The maximum atomic E-state index is 11.2. The van der Waals surface area contributed by atoms with E-state index in [0.29, 0.717) is 12.2 Å². The fourth-order valence-corrected chi connectivity index (χ4v) is 1.70. The summed E-state index contributed by atoms with van der Waals surface area (Å²) in [5.41, 5.74) is 1.82. The van der Waals surface area contributed by atoms with Crippen LogP contribution in [0.4, 0.5) is 4.79 Å². The number of allylic oxidation sites excluding steroid dienone is 1. The molecule has 2 amide bonds. The van der Waals surface area contributed by atoms with Gasteiger partial charge in [0, 0.05) is 16.7 Å². The van der Waals surface area contributed by atoms with Gasteiger partial charge in [-0.3, -0.25) is 0 Å². The molecule has 4 heteroatoms. The Kier molecular flexibility index (Phi) is 5.05. The highest BCUT2D eigenvalue weighted by Crippen LogP contribution is 2.11. The molecule has 16 heavy (non-hydrogen) atoms. The maximum Gasteiger partial charge on any atom is 0.318 e. The van der Waals surface area contributed by atoms with Crippen molar-refractivity contribution in [2.45, 2.75) is 13.3 Å². The molecule has 3 nitrogen and oxygen atoms in total. The van der Waals surface area contributed by atoms with Crippen molar-refractivity contribution < 1.29 is 4.79 Å². The zero-order valence-corrected chi connectivity index (χ0v) is 10.8. The molecule has 1 rings (SSSR count). The molecular weight excluding hydrogens is 268 g/mol. The number of rotatable bonds is 4. The predicted molar refractivity (Wildman–Crippen MR) is 69.2 cm³/mol. The molecule has 1 aromatic carbocycles. The molecule has 0 unspecified atom stereocenters. The molecule has 0 fully saturated rings. The summed E-state index contributed by atoms with van der Waals surface area (Å²) in [6.07, 6.45) is 0.809. The summed E-state index contributed by atoms with van der Waals surface area (Å²) in [5, 5.41) is 5.34. The first kappa shape index (κ1) is 12.8. The number of hydrogen-bond donors (Lipinski definition) is 2. The van der Waals surface area contributed by atoms with Crippen molar-refractivity contribution in [3.8, 4) is 0 Å². The standard InChI is InChI=1S/C12H15BrN2O/c1-9(2)15-12(16)14-7-6-10-4-3-5-11(13)8-10/h3-5,8H,1,6-7H2,2H3,(H2,14,15,16). The monoisotopic (exact) mass is 282 g/mol. The molecule has 0 saturated carbocycles. The molecule has 2 N–H and O–H groups in total. The number of hydrogen-bond acceptors (Lipinski definition) is 1. The Bertz CT molecular complexity index is 390. The smallest absolute Gasteiger partial charge is 0.318 e. The van der Waals surface area contributed by atoms with E-state index < -0.39 is 0 Å². The highest BCUT2D eigenvalue weighted by Gasteiger charge is 1.99. The minimum Gasteiger partial charge on any atom is -0.338 e. The molecule has 0 aliphatic carbocycles. The van der Waals surface area contributed by atoms with Gasteiger partial charge in [0.25, 0.3) is 0 Å². The van der Waals surface area contributed by atoms with Crippen molar-refractivity contribution in [2.24, 2.45) is 0 Å². The third kappa shape index (κ3) is 4.98. The molecule has 86 valence electrons. The molecule has 0 aliphatic rings. The lowest BCUT2D eigenvalue weighted by Gasteiger charge is -2.07. The zero-order valence-electron chi connectivity index (χ0n) is 9.22. The van der Waals surface area contributed by atoms with E-state index in [4.69, 9.17) is 0 Å². The highest BCUT2D eigenvalue weighted by atomic mass is 79.9. The largest absolute Gasteiger partial charge is 0.338 e. The van der Waals surface area contributed by atoms with Gasteiger partial charge in [0.2, 0.25) is 0 Å². The van der Waals surface area contributed by atoms with Gasteiger partial charge in [-0.15, -0.1) is 0 Å². The van der Waals surface area contributed by atoms with E-state index in [1.165, 1.54) is 5.56 Å². The Morgan fingerprint density at radius 3 is 2.88 bits per heavy atom. The molecule has 0 heterocycles. The minimum absolute atomic E-state index is 0.206. The van der Waals surface area contributed by atoms with Crippen molar-refractivity contribution in [3.63, 3.8) is 0 Å². The number of carbonyl (C=O) groups is 1. The van der Waals surface area contributed by atoms with E-state index in [0.717, 1.165) is 10.9 Å². The lowest BCUT2D eigenvalue weighted by atomic mass is 10.1. The summed E-state index contributed by atoms with van der Waals surface area (Å²) in [6, 6.07) is 7.82. The molecule has 0 spiro atoms. The molecule has 0 aromatic heterocycles. The molecule has 0 bridgehead atoms. The van der Waals surface area contributed by atoms with Crippen LogP contribution in [0.2, 0.25) is 0 Å². The predicted octanol–water partition coefficient (Wildman–Crippen LogP) is 2.82. The van der Waals surface area contributed by atoms with Crippen LogP contribution < -0.4 is 10.6 Å². The molecule has 0 atom stereocenters. The van der Waals surface area contributed by atoms with Gasteiger partial charge >= 0.3 is 6.03 Å². The normalized spacial score (nSPS) is 9.62. The summed E-state index contributed by atoms with van der Waals surface area (Å²) in [5.74, 6) is 0. The molecule has 1 aromatic rings. The van der Waals surface area contributed by atoms with Crippen LogP contribution in [0.15, 0.2) is 41.0 Å². The Morgan fingerprint density at radius 1 is 1.50 bits per heavy atom. The summed E-state index contributed by atoms with van der Waals surface area (Å²) in [7, 11) is 0. The number of carbonyl (C=O) groups excluding carboxylic acids is 1. The number of urea groups is 1. The summed E-state index contributed by atoms with van der Waals surface area (Å²) >= 11 is 3.40. The van der Waals surface area contributed by atoms with Crippen molar-refractivity contribution in [1.29, 1.82) is 0 Å². The second kappa shape index (κ2) is 6.33. The SMILES string of the molecule is C=C(C)NC(=O)NCCc1cccc(Br)c1. The van der Waals surface area contributed by atoms with Gasteiger partial charge < -0.3 is 10.6 Å². The van der Waals surface area contributed by atoms with E-state index >= 15 is 0 Å². The van der Waals surface area contributed by atoms with Crippen LogP contribution in [0.3, 0.4) is 0 Å². The number of nitrogens with one attached hydrogen (secondary N) is 2. The summed E-state index contributed by atoms with van der Waals surface area (Å²) in [4.78, 5) is 11.2. The van der Waals surface area contributed by atoms with Crippen molar-refractivity contribution in [3.05, 3.63) is 46.6 Å². The lowest BCUT2D eigenvalue weighted by Crippen LogP contribution is -2.35. The van der Waals surface area contributed by atoms with Crippen LogP contribution in [0.25, 0.3) is 0 Å². The van der Waals surface area contributed by atoms with E-state index in [9.17, 15) is 4.79 Å². The average molecular weight is 283 g/mol. The number of amides is 2. The van der Waals surface area contributed by atoms with Gasteiger partial charge in [-0.05, 0) is 31.0 Å². The Labute approximate surface area is 104 Å². The van der Waals surface area contributed by atoms with Crippen LogP contribution in [-0.2, 0) is 6.42 Å². The first-order valence-corrected chi connectivity index (χ1v) is 5.82. The van der Waals surface area contributed by atoms with Crippen LogP contribution in [0.1, 0.15) is 12.5 Å². The molecule has 0 saturated heterocycles. The Hall–Kier alpha value is -1.29. The van der Waals surface area contributed by atoms with Gasteiger partial charge in [0.05, 0.1) is 0 Å². The fourth-order valence-electron chi connectivity index (χ4n) is 1.25. The van der Waals surface area contributed by atoms with E-state index in [2.05, 4.69) is 33.1 Å². The summed E-state index contributed by atoms with van der Waals surface area (Å²) < 4.78 is 1.05. The molecule has 0 aliphatic heterocycles. The van der Waals surface area contributed by atoms with Crippen molar-refractivity contribution in [1.82, 2.24) is 10.6 Å². The number of halogens is 1. The maximum absolute atomic E-state index is 11.2. The first-order chi connectivity index (χ1) is 7.58. The average Bonchev–Trinajstić information content (AvgIpc) is 2.16. The van der Waals surface area contributed by atoms with Crippen molar-refractivity contribution in [2.75, 3.05) is 6.54 Å². The topological polar surface area (TPSA) is 41.1 Å². The van der Waals surface area contributed by atoms with E-state index in [-0.39, 0.29) is 6.03 Å². The van der Waals surface area contributed by atoms with E-state index in [1.807, 2.05) is 24.3 Å². The Morgan fingerprint density at radius 2 is 2.25 bits per heavy atom. The third-order valence-corrected chi connectivity index (χ3v) is 2.41. The van der Waals surface area contributed by atoms with Gasteiger partial charge in [-0.2, -0.15) is 0 Å². The summed E-state index contributed by atoms with van der Waals surface area (Å²) in [6.45, 7) is 5.95. The first-order valence-electron chi connectivity index (χ1n) is 5.03. The number of benzene rings is 1. The zero-order chi connectivity index (χ0) is 12.0. The van der Waals surface area contributed by atoms with Crippen LogP contribution in [-0.4, -0.2) is 12.6 Å². The van der Waals surface area contributed by atoms with Gasteiger partial charge in [0.1, 0.15) is 0 Å².